The molecule has 0 amide bonds. The van der Waals surface area contributed by atoms with Crippen molar-refractivity contribution < 1.29 is 4.39 Å². The molecule has 0 spiro atoms. The molecule has 0 aromatic heterocycles. The van der Waals surface area contributed by atoms with Crippen LogP contribution < -0.4 is 5.73 Å². The summed E-state index contributed by atoms with van der Waals surface area (Å²) in [4.78, 5) is 0. The molecule has 90 valence electrons. The Balaban J connectivity index is 2.56. The molecule has 1 aromatic carbocycles. The van der Waals surface area contributed by atoms with Crippen LogP contribution in [0.25, 0.3) is 0 Å². The lowest BCUT2D eigenvalue weighted by molar-refractivity contribution is 0.450. The molecule has 0 aliphatic carbocycles. The lowest BCUT2D eigenvalue weighted by Crippen LogP contribution is -2.25. The molecule has 1 aromatic rings. The van der Waals surface area contributed by atoms with Gasteiger partial charge in [0.05, 0.1) is 4.47 Å². The van der Waals surface area contributed by atoms with E-state index in [9.17, 15) is 4.39 Å². The molecule has 0 fully saturated rings. The first kappa shape index (κ1) is 13.7. The molecule has 0 aliphatic heterocycles. The smallest absolute Gasteiger partial charge is 0.137 e. The summed E-state index contributed by atoms with van der Waals surface area (Å²) >= 11 is 3.18. The first-order valence-corrected chi connectivity index (χ1v) is 6.51. The number of halogens is 2. The van der Waals surface area contributed by atoms with E-state index in [2.05, 4.69) is 29.8 Å². The van der Waals surface area contributed by atoms with E-state index in [0.29, 0.717) is 10.4 Å². The Kier molecular flexibility index (Phi) is 5.42. The van der Waals surface area contributed by atoms with E-state index in [4.69, 9.17) is 5.73 Å². The molecule has 2 unspecified atom stereocenters. The Bertz CT molecular complexity index is 341. The van der Waals surface area contributed by atoms with Gasteiger partial charge in [0, 0.05) is 6.04 Å². The molecule has 0 radical (unpaired) electrons. The number of rotatable bonds is 5. The monoisotopic (exact) mass is 287 g/mol. The van der Waals surface area contributed by atoms with Crippen molar-refractivity contribution in [2.75, 3.05) is 0 Å². The molecule has 0 saturated carbocycles. The van der Waals surface area contributed by atoms with E-state index in [-0.39, 0.29) is 11.9 Å². The number of benzene rings is 1. The van der Waals surface area contributed by atoms with Gasteiger partial charge in [0.25, 0.3) is 0 Å². The van der Waals surface area contributed by atoms with Crippen LogP contribution in [0.15, 0.2) is 22.7 Å². The molecule has 3 heteroatoms. The fourth-order valence-corrected chi connectivity index (χ4v) is 2.16. The van der Waals surface area contributed by atoms with Crippen LogP contribution >= 0.6 is 15.9 Å². The van der Waals surface area contributed by atoms with Gasteiger partial charge in [-0.2, -0.15) is 0 Å². The summed E-state index contributed by atoms with van der Waals surface area (Å²) in [5.74, 6) is 0.429. The van der Waals surface area contributed by atoms with Crippen molar-refractivity contribution in [3.05, 3.63) is 34.1 Å². The van der Waals surface area contributed by atoms with Crippen molar-refractivity contribution in [1.29, 1.82) is 0 Å². The van der Waals surface area contributed by atoms with Crippen molar-refractivity contribution >= 4 is 15.9 Å². The molecule has 0 saturated heterocycles. The van der Waals surface area contributed by atoms with Crippen LogP contribution in [0.4, 0.5) is 4.39 Å². The van der Waals surface area contributed by atoms with Gasteiger partial charge in [-0.1, -0.05) is 26.3 Å². The first-order chi connectivity index (χ1) is 7.52. The standard InChI is InChI=1S/C13H19BrFN/c1-3-9(2)6-11(16)7-10-4-5-13(15)12(14)8-10/h4-5,8-9,11H,3,6-7,16H2,1-2H3. The molecule has 1 nitrogen and oxygen atoms in total. The van der Waals surface area contributed by atoms with E-state index in [1.807, 2.05) is 6.07 Å². The third kappa shape index (κ3) is 4.22. The maximum Gasteiger partial charge on any atom is 0.137 e. The summed E-state index contributed by atoms with van der Waals surface area (Å²) in [7, 11) is 0. The fraction of sp³-hybridized carbons (Fsp3) is 0.538. The number of hydrogen-bond donors (Lipinski definition) is 1. The van der Waals surface area contributed by atoms with Crippen LogP contribution in [0.2, 0.25) is 0 Å². The SMILES string of the molecule is CCC(C)CC(N)Cc1ccc(F)c(Br)c1. The van der Waals surface area contributed by atoms with Crippen LogP contribution in [0.3, 0.4) is 0 Å². The largest absolute Gasteiger partial charge is 0.327 e. The lowest BCUT2D eigenvalue weighted by atomic mass is 9.95. The van der Waals surface area contributed by atoms with Crippen molar-refractivity contribution in [2.24, 2.45) is 11.7 Å². The number of nitrogens with two attached hydrogens (primary N) is 1. The van der Waals surface area contributed by atoms with Crippen molar-refractivity contribution in [2.45, 2.75) is 39.2 Å². The Morgan fingerprint density at radius 1 is 1.44 bits per heavy atom. The molecule has 2 N–H and O–H groups in total. The van der Waals surface area contributed by atoms with E-state index < -0.39 is 0 Å². The van der Waals surface area contributed by atoms with Crippen molar-refractivity contribution in [3.63, 3.8) is 0 Å². The fourth-order valence-electron chi connectivity index (χ4n) is 1.74. The molecule has 16 heavy (non-hydrogen) atoms. The van der Waals surface area contributed by atoms with Gasteiger partial charge in [-0.25, -0.2) is 4.39 Å². The van der Waals surface area contributed by atoms with Crippen LogP contribution in [0, 0.1) is 11.7 Å². The minimum Gasteiger partial charge on any atom is -0.327 e. The predicted molar refractivity (Wildman–Crippen MR) is 69.9 cm³/mol. The summed E-state index contributed by atoms with van der Waals surface area (Å²) in [6.07, 6.45) is 2.98. The highest BCUT2D eigenvalue weighted by molar-refractivity contribution is 9.10. The molecule has 1 rings (SSSR count). The summed E-state index contributed by atoms with van der Waals surface area (Å²) in [6.45, 7) is 4.38. The average Bonchev–Trinajstić information content (AvgIpc) is 2.23. The maximum atomic E-state index is 13.0. The predicted octanol–water partition coefficient (Wildman–Crippen LogP) is 3.89. The van der Waals surface area contributed by atoms with Gasteiger partial charge < -0.3 is 5.73 Å². The van der Waals surface area contributed by atoms with E-state index in [1.54, 1.807) is 6.07 Å². The minimum absolute atomic E-state index is 0.160. The second-order valence-corrected chi connectivity index (χ2v) is 5.32. The summed E-state index contributed by atoms with van der Waals surface area (Å²) < 4.78 is 13.5. The van der Waals surface area contributed by atoms with Gasteiger partial charge in [0.2, 0.25) is 0 Å². The van der Waals surface area contributed by atoms with Crippen LogP contribution in [0.5, 0.6) is 0 Å². The second kappa shape index (κ2) is 6.36. The van der Waals surface area contributed by atoms with E-state index in [0.717, 1.165) is 24.8 Å². The van der Waals surface area contributed by atoms with Gasteiger partial charge in [-0.3, -0.25) is 0 Å². The summed E-state index contributed by atoms with van der Waals surface area (Å²) in [6, 6.07) is 5.25. The van der Waals surface area contributed by atoms with Gasteiger partial charge in [-0.15, -0.1) is 0 Å². The normalized spacial score (nSPS) is 14.8. The van der Waals surface area contributed by atoms with Gasteiger partial charge in [0.15, 0.2) is 0 Å². The Morgan fingerprint density at radius 3 is 2.69 bits per heavy atom. The maximum absolute atomic E-state index is 13.0. The van der Waals surface area contributed by atoms with Gasteiger partial charge in [0.1, 0.15) is 5.82 Å². The lowest BCUT2D eigenvalue weighted by Gasteiger charge is -2.16. The molecule has 2 atom stereocenters. The second-order valence-electron chi connectivity index (χ2n) is 4.46. The van der Waals surface area contributed by atoms with Crippen LogP contribution in [-0.4, -0.2) is 6.04 Å². The van der Waals surface area contributed by atoms with Gasteiger partial charge in [-0.05, 0) is 52.4 Å². The number of hydrogen-bond acceptors (Lipinski definition) is 1. The Labute approximate surface area is 105 Å². The summed E-state index contributed by atoms with van der Waals surface area (Å²) in [5, 5.41) is 0. The third-order valence-electron chi connectivity index (χ3n) is 2.88. The zero-order chi connectivity index (χ0) is 12.1. The van der Waals surface area contributed by atoms with Crippen molar-refractivity contribution in [3.8, 4) is 0 Å². The minimum atomic E-state index is -0.223. The molecular formula is C13H19BrFN. The Hall–Kier alpha value is -0.410. The Morgan fingerprint density at radius 2 is 2.12 bits per heavy atom. The highest BCUT2D eigenvalue weighted by Gasteiger charge is 2.09. The van der Waals surface area contributed by atoms with Gasteiger partial charge >= 0.3 is 0 Å². The zero-order valence-corrected chi connectivity index (χ0v) is 11.4. The van der Waals surface area contributed by atoms with Crippen LogP contribution in [-0.2, 0) is 6.42 Å². The zero-order valence-electron chi connectivity index (χ0n) is 9.84. The molecular weight excluding hydrogens is 269 g/mol. The molecule has 0 bridgehead atoms. The van der Waals surface area contributed by atoms with Crippen LogP contribution in [0.1, 0.15) is 32.3 Å². The average molecular weight is 288 g/mol. The van der Waals surface area contributed by atoms with E-state index >= 15 is 0 Å². The van der Waals surface area contributed by atoms with E-state index in [1.165, 1.54) is 6.07 Å². The first-order valence-electron chi connectivity index (χ1n) is 5.72. The molecule has 0 heterocycles. The van der Waals surface area contributed by atoms with Crippen molar-refractivity contribution in [1.82, 2.24) is 0 Å². The quantitative estimate of drug-likeness (QED) is 0.874. The molecule has 0 aliphatic rings. The topological polar surface area (TPSA) is 26.0 Å². The third-order valence-corrected chi connectivity index (χ3v) is 3.49. The highest BCUT2D eigenvalue weighted by Crippen LogP contribution is 2.19. The highest BCUT2D eigenvalue weighted by atomic mass is 79.9. The summed E-state index contributed by atoms with van der Waals surface area (Å²) in [5.41, 5.74) is 7.15.